The van der Waals surface area contributed by atoms with Gasteiger partial charge in [0.15, 0.2) is 17.3 Å². The van der Waals surface area contributed by atoms with Crippen LogP contribution in [0.25, 0.3) is 0 Å². The van der Waals surface area contributed by atoms with Crippen molar-refractivity contribution in [3.05, 3.63) is 65.2 Å². The topological polar surface area (TPSA) is 84.4 Å². The number of benzene rings is 2. The molecule has 3 rings (SSSR count). The largest absolute Gasteiger partial charge is 0.545 e. The van der Waals surface area contributed by atoms with Crippen molar-refractivity contribution in [3.63, 3.8) is 0 Å². The molecule has 0 aliphatic carbocycles. The first-order valence-electron chi connectivity index (χ1n) is 7.19. The van der Waals surface area contributed by atoms with Crippen LogP contribution in [0.2, 0.25) is 0 Å². The molecule has 8 heteroatoms. The van der Waals surface area contributed by atoms with Crippen LogP contribution in [-0.2, 0) is 6.42 Å². The molecule has 1 aromatic heterocycles. The van der Waals surface area contributed by atoms with Gasteiger partial charge in [0.2, 0.25) is 0 Å². The summed E-state index contributed by atoms with van der Waals surface area (Å²) in [6.07, 6.45) is 0.445. The van der Waals surface area contributed by atoms with E-state index in [1.165, 1.54) is 37.4 Å². The van der Waals surface area contributed by atoms with Crippen molar-refractivity contribution in [2.45, 2.75) is 6.42 Å². The summed E-state index contributed by atoms with van der Waals surface area (Å²) in [5.74, 6) is -0.501. The fraction of sp³-hybridized carbons (Fsp3) is 0.118. The molecule has 2 aromatic carbocycles. The van der Waals surface area contributed by atoms with Gasteiger partial charge in [-0.2, -0.15) is 9.36 Å². The van der Waals surface area contributed by atoms with Crippen molar-refractivity contribution >= 4 is 17.5 Å². The summed E-state index contributed by atoms with van der Waals surface area (Å²) in [6.45, 7) is 0. The van der Waals surface area contributed by atoms with Crippen molar-refractivity contribution < 1.29 is 23.8 Å². The molecule has 6 nitrogen and oxygen atoms in total. The fourth-order valence-corrected chi connectivity index (χ4v) is 2.67. The molecule has 0 saturated carbocycles. The van der Waals surface area contributed by atoms with E-state index in [9.17, 15) is 14.3 Å². The smallest absolute Gasteiger partial charge is 0.298 e. The Hall–Kier alpha value is -3.00. The maximum atomic E-state index is 12.9. The maximum Gasteiger partial charge on any atom is 0.298 e. The summed E-state index contributed by atoms with van der Waals surface area (Å²) in [5, 5.41) is 11.2. The zero-order valence-electron chi connectivity index (χ0n) is 13.1. The molecule has 0 aliphatic rings. The standard InChI is InChI=1S/C17H13FN2O4S/c1-23-14-9-11(16(21)22)4-7-13(14)24-17-19-15(20-25-17)8-10-2-5-12(18)6-3-10/h2-7,9H,8H2,1H3,(H,21,22)/p-1. The monoisotopic (exact) mass is 359 g/mol. The summed E-state index contributed by atoms with van der Waals surface area (Å²) >= 11 is 1.05. The van der Waals surface area contributed by atoms with Gasteiger partial charge in [0, 0.05) is 23.5 Å². The Morgan fingerprint density at radius 1 is 1.20 bits per heavy atom. The number of carbonyl (C=O) groups excluding carboxylic acids is 1. The van der Waals surface area contributed by atoms with Gasteiger partial charge in [-0.1, -0.05) is 12.1 Å². The van der Waals surface area contributed by atoms with Crippen molar-refractivity contribution in [2.24, 2.45) is 0 Å². The zero-order chi connectivity index (χ0) is 17.8. The molecule has 0 spiro atoms. The quantitative estimate of drug-likeness (QED) is 0.672. The minimum Gasteiger partial charge on any atom is -0.545 e. The molecule has 25 heavy (non-hydrogen) atoms. The van der Waals surface area contributed by atoms with Gasteiger partial charge in [-0.25, -0.2) is 4.39 Å². The highest BCUT2D eigenvalue weighted by molar-refractivity contribution is 7.07. The van der Waals surface area contributed by atoms with Gasteiger partial charge in [0.05, 0.1) is 13.1 Å². The summed E-state index contributed by atoms with van der Waals surface area (Å²) in [6, 6.07) is 10.2. The van der Waals surface area contributed by atoms with Crippen LogP contribution in [0.3, 0.4) is 0 Å². The van der Waals surface area contributed by atoms with Gasteiger partial charge in [-0.3, -0.25) is 0 Å². The lowest BCUT2D eigenvalue weighted by molar-refractivity contribution is -0.255. The molecule has 128 valence electrons. The molecule has 1 heterocycles. The van der Waals surface area contributed by atoms with Crippen LogP contribution in [0.15, 0.2) is 42.5 Å². The second kappa shape index (κ2) is 7.27. The van der Waals surface area contributed by atoms with Gasteiger partial charge >= 0.3 is 0 Å². The van der Waals surface area contributed by atoms with E-state index in [0.717, 1.165) is 17.1 Å². The van der Waals surface area contributed by atoms with Gasteiger partial charge in [0.1, 0.15) is 5.82 Å². The van der Waals surface area contributed by atoms with E-state index < -0.39 is 5.97 Å². The lowest BCUT2D eigenvalue weighted by Gasteiger charge is -2.10. The molecule has 0 aliphatic heterocycles. The Labute approximate surface area is 146 Å². The van der Waals surface area contributed by atoms with E-state index in [2.05, 4.69) is 9.36 Å². The third-order valence-corrected chi connectivity index (χ3v) is 3.95. The van der Waals surface area contributed by atoms with Crippen molar-refractivity contribution in [2.75, 3.05) is 7.11 Å². The predicted octanol–water partition coefficient (Wildman–Crippen LogP) is 2.43. The Morgan fingerprint density at radius 2 is 1.96 bits per heavy atom. The van der Waals surface area contributed by atoms with Gasteiger partial charge < -0.3 is 19.4 Å². The first-order valence-corrected chi connectivity index (χ1v) is 7.97. The minimum atomic E-state index is -1.30. The molecule has 0 unspecified atom stereocenters. The zero-order valence-corrected chi connectivity index (χ0v) is 13.9. The number of halogens is 1. The molecule has 0 bridgehead atoms. The Morgan fingerprint density at radius 3 is 2.64 bits per heavy atom. The summed E-state index contributed by atoms with van der Waals surface area (Å²) < 4.78 is 27.9. The third kappa shape index (κ3) is 4.10. The molecule has 0 atom stereocenters. The number of hydrogen-bond donors (Lipinski definition) is 0. The van der Waals surface area contributed by atoms with Crippen LogP contribution in [0.5, 0.6) is 16.7 Å². The summed E-state index contributed by atoms with van der Waals surface area (Å²) in [5.41, 5.74) is 0.861. The number of aromatic carboxylic acids is 1. The number of aromatic nitrogens is 2. The second-order valence-corrected chi connectivity index (χ2v) is 5.75. The highest BCUT2D eigenvalue weighted by Gasteiger charge is 2.12. The number of methoxy groups -OCH3 is 1. The predicted molar refractivity (Wildman–Crippen MR) is 86.5 cm³/mol. The highest BCUT2D eigenvalue weighted by Crippen LogP contribution is 2.33. The summed E-state index contributed by atoms with van der Waals surface area (Å²) in [4.78, 5) is 15.1. The van der Waals surface area contributed by atoms with Crippen molar-refractivity contribution in [1.82, 2.24) is 9.36 Å². The van der Waals surface area contributed by atoms with E-state index in [0.29, 0.717) is 18.0 Å². The van der Waals surface area contributed by atoms with E-state index in [-0.39, 0.29) is 22.3 Å². The SMILES string of the molecule is COc1cc(C(=O)[O-])ccc1Oc1nc(Cc2ccc(F)cc2)ns1. The average molecular weight is 359 g/mol. The molecule has 0 N–H and O–H groups in total. The molecular formula is C17H12FN2O4S-. The number of rotatable bonds is 6. The van der Waals surface area contributed by atoms with Crippen LogP contribution in [0.1, 0.15) is 21.7 Å². The maximum absolute atomic E-state index is 12.9. The van der Waals surface area contributed by atoms with E-state index in [1.807, 2.05) is 0 Å². The van der Waals surface area contributed by atoms with E-state index in [1.54, 1.807) is 12.1 Å². The summed E-state index contributed by atoms with van der Waals surface area (Å²) in [7, 11) is 1.40. The van der Waals surface area contributed by atoms with Gasteiger partial charge in [-0.15, -0.1) is 0 Å². The second-order valence-electron chi connectivity index (χ2n) is 5.03. The number of ether oxygens (including phenoxy) is 2. The van der Waals surface area contributed by atoms with Gasteiger partial charge in [0.25, 0.3) is 5.19 Å². The third-order valence-electron chi connectivity index (χ3n) is 3.32. The average Bonchev–Trinajstić information content (AvgIpc) is 3.04. The van der Waals surface area contributed by atoms with Crippen molar-refractivity contribution in [3.8, 4) is 16.7 Å². The number of nitrogens with zero attached hydrogens (tertiary/aromatic N) is 2. The number of carboxylic acids is 1. The normalized spacial score (nSPS) is 10.5. The first-order chi connectivity index (χ1) is 12.0. The Bertz CT molecular complexity index is 896. The van der Waals surface area contributed by atoms with Crippen LogP contribution < -0.4 is 14.6 Å². The lowest BCUT2D eigenvalue weighted by atomic mass is 10.1. The fourth-order valence-electron chi connectivity index (χ4n) is 2.11. The minimum absolute atomic E-state index is 0.0153. The highest BCUT2D eigenvalue weighted by atomic mass is 32.1. The molecule has 3 aromatic rings. The van der Waals surface area contributed by atoms with E-state index >= 15 is 0 Å². The Balaban J connectivity index is 1.75. The Kier molecular flexibility index (Phi) is 4.90. The van der Waals surface area contributed by atoms with Crippen LogP contribution >= 0.6 is 11.5 Å². The molecule has 0 amide bonds. The van der Waals surface area contributed by atoms with Crippen LogP contribution in [-0.4, -0.2) is 22.4 Å². The molecular weight excluding hydrogens is 347 g/mol. The van der Waals surface area contributed by atoms with E-state index in [4.69, 9.17) is 9.47 Å². The van der Waals surface area contributed by atoms with Crippen molar-refractivity contribution in [1.29, 1.82) is 0 Å². The molecule has 0 saturated heterocycles. The van der Waals surface area contributed by atoms with Crippen LogP contribution in [0.4, 0.5) is 4.39 Å². The number of hydrogen-bond acceptors (Lipinski definition) is 7. The van der Waals surface area contributed by atoms with Gasteiger partial charge in [-0.05, 0) is 35.9 Å². The lowest BCUT2D eigenvalue weighted by Crippen LogP contribution is -2.22. The van der Waals surface area contributed by atoms with Crippen LogP contribution in [0, 0.1) is 5.82 Å². The number of carbonyl (C=O) groups is 1. The first kappa shape index (κ1) is 16.8. The number of carboxylic acid groups (broad SMARTS) is 1. The molecule has 0 fully saturated rings. The molecule has 0 radical (unpaired) electrons.